The molecule has 0 unspecified atom stereocenters. The molecule has 1 aromatic carbocycles. The van der Waals surface area contributed by atoms with E-state index in [-0.39, 0.29) is 0 Å². The maximum absolute atomic E-state index is 4.91. The second-order valence-corrected chi connectivity index (χ2v) is 8.44. The Hall–Kier alpha value is -3.84. The number of hydrogen-bond donors (Lipinski definition) is 2. The Balaban J connectivity index is 1.52. The van der Waals surface area contributed by atoms with Crippen molar-refractivity contribution in [3.63, 3.8) is 0 Å². The number of nitrogens with one attached hydrogen (secondary N) is 2. The molecule has 0 atom stereocenters. The van der Waals surface area contributed by atoms with E-state index in [4.69, 9.17) is 4.98 Å². The van der Waals surface area contributed by atoms with Gasteiger partial charge in [-0.3, -0.25) is 15.1 Å². The van der Waals surface area contributed by atoms with E-state index in [9.17, 15) is 0 Å². The zero-order chi connectivity index (χ0) is 20.1. The van der Waals surface area contributed by atoms with E-state index in [1.54, 1.807) is 17.5 Å². The van der Waals surface area contributed by atoms with Crippen LogP contribution in [0.15, 0.2) is 67.3 Å². The van der Waals surface area contributed by atoms with Gasteiger partial charge in [-0.15, -0.1) is 11.3 Å². The molecule has 0 radical (unpaired) electrons. The lowest BCUT2D eigenvalue weighted by Crippen LogP contribution is -1.83. The second-order valence-electron chi connectivity index (χ2n) is 7.15. The summed E-state index contributed by atoms with van der Waals surface area (Å²) in [5, 5.41) is 8.68. The zero-order valence-corrected chi connectivity index (χ0v) is 16.9. The molecular formula is C23H16N6S. The predicted molar refractivity (Wildman–Crippen MR) is 120 cm³/mol. The number of aryl methyl sites for hydroxylation is 1. The number of pyridine rings is 2. The lowest BCUT2D eigenvalue weighted by Gasteiger charge is -2.01. The van der Waals surface area contributed by atoms with E-state index in [0.717, 1.165) is 55.0 Å². The van der Waals surface area contributed by atoms with Crippen LogP contribution in [0.1, 0.15) is 4.88 Å². The topological polar surface area (TPSA) is 83.1 Å². The smallest absolute Gasteiger partial charge is 0.159 e. The van der Waals surface area contributed by atoms with E-state index >= 15 is 0 Å². The molecule has 6 rings (SSSR count). The molecule has 5 heterocycles. The lowest BCUT2D eigenvalue weighted by molar-refractivity contribution is 1.11. The average Bonchev–Trinajstić information content (AvgIpc) is 3.51. The highest BCUT2D eigenvalue weighted by atomic mass is 32.1. The Bertz CT molecular complexity index is 1510. The van der Waals surface area contributed by atoms with E-state index < -0.39 is 0 Å². The standard InChI is InChI=1S/C23H16N6S/c1-13-4-7-20(30-13)17-11-25-12-19-21(17)27-23(26-19)22-16-9-14(5-6-18(16)28-29-22)15-3-2-8-24-10-15/h2-12H,1H3,(H,26,27)(H,28,29). The number of benzene rings is 1. The van der Waals surface area contributed by atoms with Crippen LogP contribution in [0.5, 0.6) is 0 Å². The van der Waals surface area contributed by atoms with E-state index in [2.05, 4.69) is 62.4 Å². The first-order valence-electron chi connectivity index (χ1n) is 9.56. The van der Waals surface area contributed by atoms with Gasteiger partial charge in [0, 0.05) is 44.9 Å². The molecule has 30 heavy (non-hydrogen) atoms. The summed E-state index contributed by atoms with van der Waals surface area (Å²) in [5.41, 5.74) is 6.74. The molecule has 6 aromatic rings. The number of aromatic nitrogens is 6. The van der Waals surface area contributed by atoms with E-state index in [0.29, 0.717) is 0 Å². The second kappa shape index (κ2) is 6.60. The first kappa shape index (κ1) is 17.1. The highest BCUT2D eigenvalue weighted by Gasteiger charge is 2.16. The van der Waals surface area contributed by atoms with Crippen LogP contribution in [-0.4, -0.2) is 30.1 Å². The predicted octanol–water partition coefficient (Wildman–Crippen LogP) is 5.60. The van der Waals surface area contributed by atoms with Gasteiger partial charge in [-0.1, -0.05) is 12.1 Å². The van der Waals surface area contributed by atoms with Crippen LogP contribution in [0, 0.1) is 6.92 Å². The van der Waals surface area contributed by atoms with Crippen molar-refractivity contribution in [3.05, 3.63) is 72.1 Å². The minimum absolute atomic E-state index is 0.724. The third-order valence-electron chi connectivity index (χ3n) is 5.18. The Morgan fingerprint density at radius 2 is 1.87 bits per heavy atom. The SMILES string of the molecule is Cc1ccc(-c2cncc3[nH]c(-c4n[nH]c5ccc(-c6cccnc6)cc45)nc23)s1. The summed E-state index contributed by atoms with van der Waals surface area (Å²) in [6, 6.07) is 14.5. The molecule has 144 valence electrons. The first-order valence-corrected chi connectivity index (χ1v) is 10.4. The molecule has 0 bridgehead atoms. The van der Waals surface area contributed by atoms with Gasteiger partial charge in [0.05, 0.1) is 17.2 Å². The molecule has 0 spiro atoms. The quantitative estimate of drug-likeness (QED) is 0.399. The normalized spacial score (nSPS) is 11.5. The summed E-state index contributed by atoms with van der Waals surface area (Å²) in [6.07, 6.45) is 7.33. The Morgan fingerprint density at radius 1 is 0.900 bits per heavy atom. The Morgan fingerprint density at radius 3 is 2.70 bits per heavy atom. The third-order valence-corrected chi connectivity index (χ3v) is 6.22. The van der Waals surface area contributed by atoms with Gasteiger partial charge in [0.2, 0.25) is 0 Å². The van der Waals surface area contributed by atoms with Crippen molar-refractivity contribution < 1.29 is 0 Å². The van der Waals surface area contributed by atoms with Crippen molar-refractivity contribution in [1.29, 1.82) is 0 Å². The van der Waals surface area contributed by atoms with Crippen LogP contribution in [0.3, 0.4) is 0 Å². The molecule has 7 heteroatoms. The number of H-pyrrole nitrogens is 2. The summed E-state index contributed by atoms with van der Waals surface area (Å²) in [5.74, 6) is 0.724. The van der Waals surface area contributed by atoms with Crippen molar-refractivity contribution in [3.8, 4) is 33.1 Å². The van der Waals surface area contributed by atoms with Gasteiger partial charge in [-0.05, 0) is 42.8 Å². The molecule has 5 aromatic heterocycles. The van der Waals surface area contributed by atoms with Gasteiger partial charge in [-0.25, -0.2) is 4.98 Å². The maximum atomic E-state index is 4.91. The number of rotatable bonds is 3. The number of aromatic amines is 2. The molecular weight excluding hydrogens is 392 g/mol. The molecule has 0 aliphatic heterocycles. The molecule has 0 saturated carbocycles. The van der Waals surface area contributed by atoms with E-state index in [1.165, 1.54) is 4.88 Å². The van der Waals surface area contributed by atoms with Gasteiger partial charge in [0.15, 0.2) is 5.82 Å². The van der Waals surface area contributed by atoms with Gasteiger partial charge < -0.3 is 4.98 Å². The molecule has 0 aliphatic carbocycles. The maximum Gasteiger partial charge on any atom is 0.159 e. The molecule has 2 N–H and O–H groups in total. The monoisotopic (exact) mass is 408 g/mol. The number of fused-ring (bicyclic) bond motifs is 2. The first-order chi connectivity index (χ1) is 14.8. The fourth-order valence-electron chi connectivity index (χ4n) is 3.71. The Kier molecular flexibility index (Phi) is 3.75. The van der Waals surface area contributed by atoms with Crippen LogP contribution in [0.25, 0.3) is 55.0 Å². The van der Waals surface area contributed by atoms with E-state index in [1.807, 2.05) is 30.7 Å². The zero-order valence-electron chi connectivity index (χ0n) is 16.0. The number of nitrogens with zero attached hydrogens (tertiary/aromatic N) is 4. The summed E-state index contributed by atoms with van der Waals surface area (Å²) in [7, 11) is 0. The summed E-state index contributed by atoms with van der Waals surface area (Å²) in [6.45, 7) is 2.10. The Labute approximate surface area is 175 Å². The van der Waals surface area contributed by atoms with Crippen molar-refractivity contribution in [2.24, 2.45) is 0 Å². The third kappa shape index (κ3) is 2.71. The molecule has 0 fully saturated rings. The average molecular weight is 408 g/mol. The highest BCUT2D eigenvalue weighted by Crippen LogP contribution is 2.34. The summed E-state index contributed by atoms with van der Waals surface area (Å²) < 4.78 is 0. The highest BCUT2D eigenvalue weighted by molar-refractivity contribution is 7.15. The largest absolute Gasteiger partial charge is 0.335 e. The molecule has 0 aliphatic rings. The fourth-order valence-corrected chi connectivity index (χ4v) is 4.59. The minimum Gasteiger partial charge on any atom is -0.335 e. The molecule has 0 saturated heterocycles. The summed E-state index contributed by atoms with van der Waals surface area (Å²) >= 11 is 1.74. The van der Waals surface area contributed by atoms with Crippen LogP contribution in [0.2, 0.25) is 0 Å². The number of imidazole rings is 1. The van der Waals surface area contributed by atoms with Gasteiger partial charge in [-0.2, -0.15) is 5.10 Å². The summed E-state index contributed by atoms with van der Waals surface area (Å²) in [4.78, 5) is 19.4. The molecule has 6 nitrogen and oxygen atoms in total. The van der Waals surface area contributed by atoms with Crippen molar-refractivity contribution in [2.75, 3.05) is 0 Å². The van der Waals surface area contributed by atoms with Gasteiger partial charge in [0.1, 0.15) is 11.2 Å². The van der Waals surface area contributed by atoms with Gasteiger partial charge >= 0.3 is 0 Å². The van der Waals surface area contributed by atoms with Crippen molar-refractivity contribution >= 4 is 33.3 Å². The molecule has 0 amide bonds. The fraction of sp³-hybridized carbons (Fsp3) is 0.0435. The van der Waals surface area contributed by atoms with Crippen molar-refractivity contribution in [2.45, 2.75) is 6.92 Å². The van der Waals surface area contributed by atoms with Crippen LogP contribution < -0.4 is 0 Å². The number of hydrogen-bond acceptors (Lipinski definition) is 5. The number of thiophene rings is 1. The van der Waals surface area contributed by atoms with Gasteiger partial charge in [0.25, 0.3) is 0 Å². The lowest BCUT2D eigenvalue weighted by atomic mass is 10.0. The van der Waals surface area contributed by atoms with Crippen LogP contribution in [0.4, 0.5) is 0 Å². The minimum atomic E-state index is 0.724. The van der Waals surface area contributed by atoms with Crippen LogP contribution in [-0.2, 0) is 0 Å². The van der Waals surface area contributed by atoms with Crippen molar-refractivity contribution in [1.82, 2.24) is 30.1 Å². The van der Waals surface area contributed by atoms with Crippen LogP contribution >= 0.6 is 11.3 Å².